The van der Waals surface area contributed by atoms with Crippen molar-refractivity contribution in [2.45, 2.75) is 39.0 Å². The lowest BCUT2D eigenvalue weighted by atomic mass is 10.1. The van der Waals surface area contributed by atoms with Gasteiger partial charge in [0.15, 0.2) is 0 Å². The third-order valence-electron chi connectivity index (χ3n) is 2.58. The molecule has 0 aromatic carbocycles. The molecule has 1 aliphatic rings. The SMILES string of the molecule is CC(C)NC(=O)CN1CCOC(C(C)N)C1. The number of rotatable bonds is 4. The van der Waals surface area contributed by atoms with E-state index < -0.39 is 0 Å². The maximum atomic E-state index is 11.6. The molecule has 0 aromatic heterocycles. The van der Waals surface area contributed by atoms with E-state index in [2.05, 4.69) is 10.2 Å². The Kier molecular flexibility index (Phi) is 5.18. The molecule has 16 heavy (non-hydrogen) atoms. The second kappa shape index (κ2) is 6.18. The molecule has 1 rings (SSSR count). The summed E-state index contributed by atoms with van der Waals surface area (Å²) < 4.78 is 5.53. The lowest BCUT2D eigenvalue weighted by molar-refractivity contribution is -0.125. The van der Waals surface area contributed by atoms with Gasteiger partial charge in [-0.1, -0.05) is 0 Å². The monoisotopic (exact) mass is 229 g/mol. The van der Waals surface area contributed by atoms with E-state index in [4.69, 9.17) is 10.5 Å². The highest BCUT2D eigenvalue weighted by Crippen LogP contribution is 2.07. The summed E-state index contributed by atoms with van der Waals surface area (Å²) in [6.07, 6.45) is 0.0422. The third-order valence-corrected chi connectivity index (χ3v) is 2.58. The zero-order chi connectivity index (χ0) is 12.1. The average Bonchev–Trinajstić information content (AvgIpc) is 2.16. The Hall–Kier alpha value is -0.650. The lowest BCUT2D eigenvalue weighted by Crippen LogP contribution is -2.52. The van der Waals surface area contributed by atoms with Gasteiger partial charge in [-0.05, 0) is 20.8 Å². The van der Waals surface area contributed by atoms with Gasteiger partial charge in [0.25, 0.3) is 0 Å². The fourth-order valence-electron chi connectivity index (χ4n) is 1.76. The Balaban J connectivity index is 2.34. The van der Waals surface area contributed by atoms with Gasteiger partial charge in [0.05, 0.1) is 19.3 Å². The summed E-state index contributed by atoms with van der Waals surface area (Å²) in [5, 5.41) is 2.88. The summed E-state index contributed by atoms with van der Waals surface area (Å²) in [5.41, 5.74) is 5.79. The minimum atomic E-state index is 0.0101. The summed E-state index contributed by atoms with van der Waals surface area (Å²) in [4.78, 5) is 13.7. The molecule has 1 heterocycles. The maximum absolute atomic E-state index is 11.6. The summed E-state index contributed by atoms with van der Waals surface area (Å²) in [7, 11) is 0. The van der Waals surface area contributed by atoms with Crippen LogP contribution in [0.5, 0.6) is 0 Å². The van der Waals surface area contributed by atoms with Gasteiger partial charge in [-0.15, -0.1) is 0 Å². The lowest BCUT2D eigenvalue weighted by Gasteiger charge is -2.34. The van der Waals surface area contributed by atoms with Crippen molar-refractivity contribution in [3.63, 3.8) is 0 Å². The molecular formula is C11H23N3O2. The predicted octanol–water partition coefficient (Wildman–Crippen LogP) is -0.441. The van der Waals surface area contributed by atoms with Crippen LogP contribution in [0.1, 0.15) is 20.8 Å². The third kappa shape index (κ3) is 4.47. The number of nitrogens with two attached hydrogens (primary N) is 1. The largest absolute Gasteiger partial charge is 0.374 e. The van der Waals surface area contributed by atoms with Gasteiger partial charge in [-0.2, -0.15) is 0 Å². The first-order valence-corrected chi connectivity index (χ1v) is 5.88. The Labute approximate surface area is 97.3 Å². The first kappa shape index (κ1) is 13.4. The predicted molar refractivity (Wildman–Crippen MR) is 63.1 cm³/mol. The normalized spacial score (nSPS) is 24.4. The number of hydrogen-bond acceptors (Lipinski definition) is 4. The van der Waals surface area contributed by atoms with Gasteiger partial charge in [0.1, 0.15) is 0 Å². The zero-order valence-corrected chi connectivity index (χ0v) is 10.4. The molecule has 1 saturated heterocycles. The molecule has 1 amide bonds. The summed E-state index contributed by atoms with van der Waals surface area (Å²) in [6.45, 7) is 8.48. The second-order valence-corrected chi connectivity index (χ2v) is 4.73. The van der Waals surface area contributed by atoms with Crippen LogP contribution >= 0.6 is 0 Å². The highest BCUT2D eigenvalue weighted by molar-refractivity contribution is 5.78. The van der Waals surface area contributed by atoms with Crippen molar-refractivity contribution >= 4 is 5.91 Å². The molecular weight excluding hydrogens is 206 g/mol. The van der Waals surface area contributed by atoms with Crippen LogP contribution in [0.25, 0.3) is 0 Å². The van der Waals surface area contributed by atoms with Gasteiger partial charge < -0.3 is 15.8 Å². The number of nitrogens with zero attached hydrogens (tertiary/aromatic N) is 1. The van der Waals surface area contributed by atoms with Gasteiger partial charge in [0, 0.05) is 25.2 Å². The van der Waals surface area contributed by atoms with E-state index in [9.17, 15) is 4.79 Å². The van der Waals surface area contributed by atoms with Crippen LogP contribution in [-0.2, 0) is 9.53 Å². The van der Waals surface area contributed by atoms with Crippen molar-refractivity contribution < 1.29 is 9.53 Å². The number of hydrogen-bond donors (Lipinski definition) is 2. The van der Waals surface area contributed by atoms with Crippen LogP contribution in [-0.4, -0.2) is 55.2 Å². The van der Waals surface area contributed by atoms with Crippen molar-refractivity contribution in [1.29, 1.82) is 0 Å². The fraction of sp³-hybridized carbons (Fsp3) is 0.909. The highest BCUT2D eigenvalue weighted by atomic mass is 16.5. The molecule has 0 aliphatic carbocycles. The fourth-order valence-corrected chi connectivity index (χ4v) is 1.76. The summed E-state index contributed by atoms with van der Waals surface area (Å²) >= 11 is 0. The quantitative estimate of drug-likeness (QED) is 0.686. The van der Waals surface area contributed by atoms with Crippen molar-refractivity contribution in [1.82, 2.24) is 10.2 Å². The van der Waals surface area contributed by atoms with Crippen LogP contribution in [0.2, 0.25) is 0 Å². The standard InChI is InChI=1S/C11H23N3O2/c1-8(2)13-11(15)7-14-4-5-16-10(6-14)9(3)12/h8-10H,4-7,12H2,1-3H3,(H,13,15). The molecule has 3 N–H and O–H groups in total. The molecule has 1 aliphatic heterocycles. The number of amides is 1. The van der Waals surface area contributed by atoms with Gasteiger partial charge in [0.2, 0.25) is 5.91 Å². The van der Waals surface area contributed by atoms with Crippen molar-refractivity contribution in [3.05, 3.63) is 0 Å². The van der Waals surface area contributed by atoms with E-state index in [1.807, 2.05) is 20.8 Å². The molecule has 0 radical (unpaired) electrons. The molecule has 5 heteroatoms. The van der Waals surface area contributed by atoms with E-state index >= 15 is 0 Å². The average molecular weight is 229 g/mol. The number of carbonyl (C=O) groups is 1. The van der Waals surface area contributed by atoms with E-state index in [-0.39, 0.29) is 24.1 Å². The second-order valence-electron chi connectivity index (χ2n) is 4.73. The number of morpholine rings is 1. The molecule has 0 aromatic rings. The maximum Gasteiger partial charge on any atom is 0.234 e. The van der Waals surface area contributed by atoms with Crippen LogP contribution in [0.3, 0.4) is 0 Å². The smallest absolute Gasteiger partial charge is 0.234 e. The van der Waals surface area contributed by atoms with Crippen LogP contribution in [0.15, 0.2) is 0 Å². The summed E-state index contributed by atoms with van der Waals surface area (Å²) in [5.74, 6) is 0.0697. The van der Waals surface area contributed by atoms with Crippen molar-refractivity contribution in [2.75, 3.05) is 26.2 Å². The van der Waals surface area contributed by atoms with E-state index in [0.717, 1.165) is 13.1 Å². The van der Waals surface area contributed by atoms with E-state index in [0.29, 0.717) is 13.2 Å². The Morgan fingerprint density at radius 1 is 1.56 bits per heavy atom. The molecule has 2 unspecified atom stereocenters. The molecule has 0 bridgehead atoms. The van der Waals surface area contributed by atoms with Crippen molar-refractivity contribution in [3.8, 4) is 0 Å². The Morgan fingerprint density at radius 2 is 2.25 bits per heavy atom. The summed E-state index contributed by atoms with van der Waals surface area (Å²) in [6, 6.07) is 0.203. The van der Waals surface area contributed by atoms with E-state index in [1.165, 1.54) is 0 Å². The first-order chi connectivity index (χ1) is 7.49. The van der Waals surface area contributed by atoms with Crippen molar-refractivity contribution in [2.24, 2.45) is 5.73 Å². The molecule has 0 spiro atoms. The minimum absolute atomic E-state index is 0.0101. The minimum Gasteiger partial charge on any atom is -0.374 e. The first-order valence-electron chi connectivity index (χ1n) is 5.88. The Morgan fingerprint density at radius 3 is 2.81 bits per heavy atom. The van der Waals surface area contributed by atoms with Crippen LogP contribution in [0.4, 0.5) is 0 Å². The molecule has 5 nitrogen and oxygen atoms in total. The highest BCUT2D eigenvalue weighted by Gasteiger charge is 2.24. The van der Waals surface area contributed by atoms with Gasteiger partial charge >= 0.3 is 0 Å². The zero-order valence-electron chi connectivity index (χ0n) is 10.4. The van der Waals surface area contributed by atoms with Gasteiger partial charge in [-0.3, -0.25) is 9.69 Å². The van der Waals surface area contributed by atoms with Gasteiger partial charge in [-0.25, -0.2) is 0 Å². The molecule has 0 saturated carbocycles. The number of ether oxygens (including phenoxy) is 1. The number of nitrogens with one attached hydrogen (secondary N) is 1. The van der Waals surface area contributed by atoms with Crippen LogP contribution < -0.4 is 11.1 Å². The van der Waals surface area contributed by atoms with E-state index in [1.54, 1.807) is 0 Å². The topological polar surface area (TPSA) is 67.6 Å². The number of carbonyl (C=O) groups excluding carboxylic acids is 1. The Bertz CT molecular complexity index is 231. The van der Waals surface area contributed by atoms with Crippen LogP contribution in [0, 0.1) is 0 Å². The molecule has 94 valence electrons. The molecule has 2 atom stereocenters. The molecule has 1 fully saturated rings.